The lowest BCUT2D eigenvalue weighted by atomic mass is 10.1. The number of carbonyl (C=O) groups excluding carboxylic acids is 1. The van der Waals surface area contributed by atoms with E-state index in [1.807, 2.05) is 14.1 Å². The Labute approximate surface area is 118 Å². The Hall–Kier alpha value is -1.07. The van der Waals surface area contributed by atoms with Gasteiger partial charge in [-0.1, -0.05) is 0 Å². The number of hydrogen-bond donors (Lipinski definition) is 1. The summed E-state index contributed by atoms with van der Waals surface area (Å²) in [5.74, 6) is -0.348. The largest absolute Gasteiger partial charge is 0.494 e. The molecular weight excluding hydrogens is 263 g/mol. The Morgan fingerprint density at radius 1 is 1.32 bits per heavy atom. The summed E-state index contributed by atoms with van der Waals surface area (Å²) >= 11 is 5.38. The second kappa shape index (κ2) is 4.49. The molecule has 3 nitrogen and oxygen atoms in total. The molecule has 0 spiro atoms. The minimum absolute atomic E-state index is 0.0645. The van der Waals surface area contributed by atoms with Gasteiger partial charge in [0, 0.05) is 18.5 Å². The summed E-state index contributed by atoms with van der Waals surface area (Å²) in [7, 11) is 3.71. The number of carbonyl (C=O) groups is 1. The summed E-state index contributed by atoms with van der Waals surface area (Å²) in [5.41, 5.74) is 1.65. The van der Waals surface area contributed by atoms with Gasteiger partial charge in [0.05, 0.1) is 14.1 Å². The molecule has 1 aromatic carbocycles. The zero-order chi connectivity index (χ0) is 14.4. The molecule has 1 aliphatic rings. The van der Waals surface area contributed by atoms with Crippen molar-refractivity contribution in [2.45, 2.75) is 32.2 Å². The van der Waals surface area contributed by atoms with E-state index in [-0.39, 0.29) is 15.6 Å². The second-order valence-electron chi connectivity index (χ2n) is 5.75. The fourth-order valence-electron chi connectivity index (χ4n) is 2.47. The number of amides is 1. The molecule has 0 radical (unpaired) electrons. The van der Waals surface area contributed by atoms with Gasteiger partial charge in [-0.2, -0.15) is 0 Å². The Balaban J connectivity index is 2.26. The number of aryl methyl sites for hydroxylation is 2. The minimum atomic E-state index is -0.511. The van der Waals surface area contributed by atoms with Crippen LogP contribution in [0.25, 0.3) is 0 Å². The molecule has 1 amide bonds. The lowest BCUT2D eigenvalue weighted by Crippen LogP contribution is -2.53. The zero-order valence-corrected chi connectivity index (χ0v) is 12.5. The SMILES string of the molecule is Cc1cc(F)cc(C)c1NC(=O)C1([N+](C)(C)[S-])CC1. The number of hydrogen-bond acceptors (Lipinski definition) is 2. The molecule has 0 unspecified atom stereocenters. The average molecular weight is 282 g/mol. The van der Waals surface area contributed by atoms with Crippen molar-refractivity contribution in [2.75, 3.05) is 19.4 Å². The molecule has 0 aromatic heterocycles. The van der Waals surface area contributed by atoms with Gasteiger partial charge in [-0.25, -0.2) is 4.39 Å². The molecule has 2 rings (SSSR count). The molecule has 1 N–H and O–H groups in total. The molecule has 19 heavy (non-hydrogen) atoms. The van der Waals surface area contributed by atoms with Gasteiger partial charge < -0.3 is 22.0 Å². The van der Waals surface area contributed by atoms with E-state index in [1.54, 1.807) is 13.8 Å². The Bertz CT molecular complexity index is 510. The molecule has 1 saturated carbocycles. The maximum Gasteiger partial charge on any atom is 0.284 e. The lowest BCUT2D eigenvalue weighted by Gasteiger charge is -2.43. The number of halogens is 1. The maximum atomic E-state index is 13.2. The molecule has 0 atom stereocenters. The van der Waals surface area contributed by atoms with Crippen molar-refractivity contribution in [1.29, 1.82) is 0 Å². The monoisotopic (exact) mass is 282 g/mol. The molecule has 1 aromatic rings. The Morgan fingerprint density at radius 3 is 2.16 bits per heavy atom. The summed E-state index contributed by atoms with van der Waals surface area (Å²) < 4.78 is 13.5. The predicted molar refractivity (Wildman–Crippen MR) is 75.9 cm³/mol. The first-order valence-corrected chi connectivity index (χ1v) is 6.67. The third kappa shape index (κ3) is 2.49. The van der Waals surface area contributed by atoms with Crippen molar-refractivity contribution >= 4 is 24.4 Å². The van der Waals surface area contributed by atoms with Crippen LogP contribution in [0.15, 0.2) is 12.1 Å². The first-order chi connectivity index (χ1) is 8.67. The van der Waals surface area contributed by atoms with Gasteiger partial charge in [0.2, 0.25) is 0 Å². The van der Waals surface area contributed by atoms with Crippen molar-refractivity contribution in [3.05, 3.63) is 29.1 Å². The van der Waals surface area contributed by atoms with E-state index in [4.69, 9.17) is 12.8 Å². The average Bonchev–Trinajstić information content (AvgIpc) is 3.02. The predicted octanol–water partition coefficient (Wildman–Crippen LogP) is 2.45. The number of nitrogens with zero attached hydrogens (tertiary/aromatic N) is 1. The van der Waals surface area contributed by atoms with Crippen LogP contribution in [-0.2, 0) is 17.6 Å². The van der Waals surface area contributed by atoms with E-state index < -0.39 is 5.54 Å². The van der Waals surface area contributed by atoms with Crippen molar-refractivity contribution in [1.82, 2.24) is 0 Å². The van der Waals surface area contributed by atoms with Crippen molar-refractivity contribution < 1.29 is 13.1 Å². The summed E-state index contributed by atoms with van der Waals surface area (Å²) in [6.45, 7) is 3.58. The van der Waals surface area contributed by atoms with Crippen LogP contribution < -0.4 is 5.32 Å². The Kier molecular flexibility index (Phi) is 3.39. The van der Waals surface area contributed by atoms with Crippen molar-refractivity contribution in [3.8, 4) is 0 Å². The molecule has 1 aliphatic carbocycles. The summed E-state index contributed by atoms with van der Waals surface area (Å²) in [6.07, 6.45) is 1.60. The van der Waals surface area contributed by atoms with E-state index in [0.717, 1.165) is 24.0 Å². The van der Waals surface area contributed by atoms with Gasteiger partial charge in [0.1, 0.15) is 5.82 Å². The van der Waals surface area contributed by atoms with Gasteiger partial charge >= 0.3 is 0 Å². The highest BCUT2D eigenvalue weighted by Gasteiger charge is 2.58. The summed E-state index contributed by atoms with van der Waals surface area (Å²) in [4.78, 5) is 12.4. The fraction of sp³-hybridized carbons (Fsp3) is 0.500. The zero-order valence-electron chi connectivity index (χ0n) is 11.7. The van der Waals surface area contributed by atoms with Crippen LogP contribution in [0.3, 0.4) is 0 Å². The normalized spacial score (nSPS) is 17.2. The van der Waals surface area contributed by atoms with Crippen LogP contribution in [-0.4, -0.2) is 29.4 Å². The fourth-order valence-corrected chi connectivity index (χ4v) is 2.73. The summed E-state index contributed by atoms with van der Waals surface area (Å²) in [5, 5.41) is 2.93. The molecule has 0 heterocycles. The van der Waals surface area contributed by atoms with Crippen LogP contribution in [0.1, 0.15) is 24.0 Å². The number of quaternary nitrogens is 1. The van der Waals surface area contributed by atoms with Crippen LogP contribution in [0.4, 0.5) is 10.1 Å². The van der Waals surface area contributed by atoms with E-state index in [9.17, 15) is 9.18 Å². The second-order valence-corrected chi connectivity index (χ2v) is 6.66. The highest BCUT2D eigenvalue weighted by Crippen LogP contribution is 2.45. The topological polar surface area (TPSA) is 29.1 Å². The molecule has 1 fully saturated rings. The quantitative estimate of drug-likeness (QED) is 0.681. The van der Waals surface area contributed by atoms with Crippen LogP contribution in [0.2, 0.25) is 0 Å². The van der Waals surface area contributed by atoms with E-state index in [1.165, 1.54) is 12.1 Å². The first-order valence-electron chi connectivity index (χ1n) is 6.31. The number of benzene rings is 1. The van der Waals surface area contributed by atoms with E-state index >= 15 is 0 Å². The Morgan fingerprint density at radius 2 is 1.79 bits per heavy atom. The minimum Gasteiger partial charge on any atom is -0.494 e. The smallest absolute Gasteiger partial charge is 0.284 e. The van der Waals surface area contributed by atoms with Gasteiger partial charge in [-0.05, 0) is 37.1 Å². The lowest BCUT2D eigenvalue weighted by molar-refractivity contribution is -0.780. The van der Waals surface area contributed by atoms with Crippen LogP contribution in [0.5, 0.6) is 0 Å². The number of anilines is 1. The first kappa shape index (κ1) is 14.3. The maximum absolute atomic E-state index is 13.2. The number of rotatable bonds is 3. The van der Waals surface area contributed by atoms with Gasteiger partial charge in [-0.15, -0.1) is 0 Å². The van der Waals surface area contributed by atoms with Gasteiger partial charge in [0.25, 0.3) is 5.91 Å². The highest BCUT2D eigenvalue weighted by atomic mass is 32.1. The van der Waals surface area contributed by atoms with Gasteiger partial charge in [0.15, 0.2) is 5.54 Å². The molecule has 0 aliphatic heterocycles. The third-order valence-electron chi connectivity index (χ3n) is 3.91. The molecule has 0 bridgehead atoms. The van der Waals surface area contributed by atoms with E-state index in [0.29, 0.717) is 5.69 Å². The van der Waals surface area contributed by atoms with Crippen LogP contribution >= 0.6 is 0 Å². The standard InChI is InChI=1S/C14H19FN2OS/c1-9-7-11(15)8-10(2)12(9)16-13(18)14(5-6-14)17(3,4)19/h7-8H,5-6H2,1-4H3,(H,16,18). The van der Waals surface area contributed by atoms with Crippen LogP contribution in [0, 0.1) is 19.7 Å². The van der Waals surface area contributed by atoms with Crippen molar-refractivity contribution in [3.63, 3.8) is 0 Å². The number of likely N-dealkylation sites (N-methyl/N-ethyl adjacent to an activating group) is 1. The molecule has 0 saturated heterocycles. The number of nitrogens with one attached hydrogen (secondary N) is 1. The van der Waals surface area contributed by atoms with E-state index in [2.05, 4.69) is 5.32 Å². The molecule has 5 heteroatoms. The van der Waals surface area contributed by atoms with Crippen molar-refractivity contribution in [2.24, 2.45) is 0 Å². The molecular formula is C14H19FN2OS. The summed E-state index contributed by atoms with van der Waals surface area (Å²) in [6, 6.07) is 2.85. The van der Waals surface area contributed by atoms with Gasteiger partial charge in [-0.3, -0.25) is 4.79 Å². The third-order valence-corrected chi connectivity index (χ3v) is 4.26. The molecule has 104 valence electrons. The highest BCUT2D eigenvalue weighted by molar-refractivity contribution is 7.52.